The standard InChI is InChI=1S/C11H10O3/c12-11-8-4-2-1-3-7(8)5-9(14-11)10-6-13-10/h1-4,9-10H,5-6H2. The molecule has 3 rings (SSSR count). The number of cyclic esters (lactones) is 1. The number of benzene rings is 1. The van der Waals surface area contributed by atoms with Crippen LogP contribution in [0.3, 0.4) is 0 Å². The lowest BCUT2D eigenvalue weighted by Gasteiger charge is -2.22. The third kappa shape index (κ3) is 1.21. The molecular weight excluding hydrogens is 180 g/mol. The maximum Gasteiger partial charge on any atom is 0.338 e. The molecule has 2 unspecified atom stereocenters. The Morgan fingerprint density at radius 3 is 2.79 bits per heavy atom. The van der Waals surface area contributed by atoms with Crippen LogP contribution in [0.1, 0.15) is 15.9 Å². The molecule has 2 heterocycles. The van der Waals surface area contributed by atoms with E-state index in [1.54, 1.807) is 0 Å². The van der Waals surface area contributed by atoms with Crippen molar-refractivity contribution in [3.63, 3.8) is 0 Å². The summed E-state index contributed by atoms with van der Waals surface area (Å²) in [5.74, 6) is -0.215. The highest BCUT2D eigenvalue weighted by atomic mass is 16.6. The summed E-state index contributed by atoms with van der Waals surface area (Å²) in [6.45, 7) is 0.722. The van der Waals surface area contributed by atoms with Gasteiger partial charge < -0.3 is 9.47 Å². The lowest BCUT2D eigenvalue weighted by atomic mass is 9.97. The summed E-state index contributed by atoms with van der Waals surface area (Å²) in [6, 6.07) is 7.59. The number of epoxide rings is 1. The zero-order chi connectivity index (χ0) is 9.54. The molecule has 0 saturated carbocycles. The van der Waals surface area contributed by atoms with Crippen LogP contribution in [-0.2, 0) is 15.9 Å². The van der Waals surface area contributed by atoms with Gasteiger partial charge in [-0.05, 0) is 11.6 Å². The maximum atomic E-state index is 11.6. The second-order valence-corrected chi connectivity index (χ2v) is 3.68. The number of carbonyl (C=O) groups is 1. The Hall–Kier alpha value is -1.35. The number of hydrogen-bond acceptors (Lipinski definition) is 3. The quantitative estimate of drug-likeness (QED) is 0.493. The van der Waals surface area contributed by atoms with E-state index in [0.29, 0.717) is 5.56 Å². The van der Waals surface area contributed by atoms with Gasteiger partial charge in [0.05, 0.1) is 12.2 Å². The van der Waals surface area contributed by atoms with Crippen molar-refractivity contribution in [1.82, 2.24) is 0 Å². The van der Waals surface area contributed by atoms with Gasteiger partial charge >= 0.3 is 5.97 Å². The number of hydrogen-bond donors (Lipinski definition) is 0. The topological polar surface area (TPSA) is 38.8 Å². The van der Waals surface area contributed by atoms with Crippen molar-refractivity contribution >= 4 is 5.97 Å². The molecule has 2 atom stereocenters. The molecule has 1 aromatic rings. The van der Waals surface area contributed by atoms with Crippen LogP contribution in [0.2, 0.25) is 0 Å². The van der Waals surface area contributed by atoms with Crippen molar-refractivity contribution in [3.05, 3.63) is 35.4 Å². The van der Waals surface area contributed by atoms with Crippen molar-refractivity contribution in [2.75, 3.05) is 6.61 Å². The van der Waals surface area contributed by atoms with Gasteiger partial charge in [-0.3, -0.25) is 0 Å². The molecule has 0 aliphatic carbocycles. The summed E-state index contributed by atoms with van der Waals surface area (Å²) in [5.41, 5.74) is 1.77. The molecule has 1 saturated heterocycles. The van der Waals surface area contributed by atoms with E-state index in [9.17, 15) is 4.79 Å². The third-order valence-electron chi connectivity index (χ3n) is 2.69. The van der Waals surface area contributed by atoms with Crippen LogP contribution in [0.25, 0.3) is 0 Å². The molecule has 3 nitrogen and oxygen atoms in total. The molecule has 0 bridgehead atoms. The van der Waals surface area contributed by atoms with E-state index in [1.165, 1.54) is 0 Å². The summed E-state index contributed by atoms with van der Waals surface area (Å²) < 4.78 is 10.4. The van der Waals surface area contributed by atoms with Crippen LogP contribution < -0.4 is 0 Å². The SMILES string of the molecule is O=C1OC(C2CO2)Cc2ccccc21. The van der Waals surface area contributed by atoms with Crippen LogP contribution in [-0.4, -0.2) is 24.8 Å². The fraction of sp³-hybridized carbons (Fsp3) is 0.364. The highest BCUT2D eigenvalue weighted by Crippen LogP contribution is 2.27. The second-order valence-electron chi connectivity index (χ2n) is 3.68. The molecule has 72 valence electrons. The van der Waals surface area contributed by atoms with Gasteiger partial charge in [0.1, 0.15) is 12.2 Å². The van der Waals surface area contributed by atoms with Crippen molar-refractivity contribution in [3.8, 4) is 0 Å². The lowest BCUT2D eigenvalue weighted by molar-refractivity contribution is 0.0184. The zero-order valence-corrected chi connectivity index (χ0v) is 7.60. The Morgan fingerprint density at radius 1 is 1.21 bits per heavy atom. The fourth-order valence-corrected chi connectivity index (χ4v) is 1.83. The lowest BCUT2D eigenvalue weighted by Crippen LogP contribution is -2.31. The Labute approximate surface area is 81.6 Å². The van der Waals surface area contributed by atoms with Gasteiger partial charge in [-0.2, -0.15) is 0 Å². The van der Waals surface area contributed by atoms with E-state index < -0.39 is 0 Å². The first kappa shape index (κ1) is 8.00. The van der Waals surface area contributed by atoms with Gasteiger partial charge in [0.25, 0.3) is 0 Å². The molecule has 0 spiro atoms. The average Bonchev–Trinajstić information content (AvgIpc) is 3.01. The van der Waals surface area contributed by atoms with Crippen LogP contribution in [0.15, 0.2) is 24.3 Å². The minimum Gasteiger partial charge on any atom is -0.456 e. The molecule has 14 heavy (non-hydrogen) atoms. The number of fused-ring (bicyclic) bond motifs is 1. The predicted molar refractivity (Wildman–Crippen MR) is 49.1 cm³/mol. The number of esters is 1. The second kappa shape index (κ2) is 2.82. The minimum atomic E-state index is -0.215. The van der Waals surface area contributed by atoms with E-state index in [0.717, 1.165) is 18.6 Å². The van der Waals surface area contributed by atoms with Gasteiger partial charge in [0.2, 0.25) is 0 Å². The number of rotatable bonds is 1. The first-order valence-corrected chi connectivity index (χ1v) is 4.75. The van der Waals surface area contributed by atoms with Gasteiger partial charge in [-0.15, -0.1) is 0 Å². The Morgan fingerprint density at radius 2 is 2.00 bits per heavy atom. The van der Waals surface area contributed by atoms with E-state index in [4.69, 9.17) is 9.47 Å². The predicted octanol–water partition coefficient (Wildman–Crippen LogP) is 1.17. The number of ether oxygens (including phenoxy) is 2. The van der Waals surface area contributed by atoms with Crippen molar-refractivity contribution in [2.45, 2.75) is 18.6 Å². The summed E-state index contributed by atoms with van der Waals surface area (Å²) in [7, 11) is 0. The first-order valence-electron chi connectivity index (χ1n) is 4.75. The molecule has 3 heteroatoms. The molecule has 0 N–H and O–H groups in total. The molecule has 0 radical (unpaired) electrons. The molecule has 2 aliphatic rings. The van der Waals surface area contributed by atoms with Crippen LogP contribution in [0.4, 0.5) is 0 Å². The maximum absolute atomic E-state index is 11.6. The van der Waals surface area contributed by atoms with Crippen LogP contribution >= 0.6 is 0 Å². The summed E-state index contributed by atoms with van der Waals surface area (Å²) in [5, 5.41) is 0. The van der Waals surface area contributed by atoms with Crippen molar-refractivity contribution < 1.29 is 14.3 Å². The molecular formula is C11H10O3. The largest absolute Gasteiger partial charge is 0.456 e. The summed E-state index contributed by atoms with van der Waals surface area (Å²) >= 11 is 0. The Balaban J connectivity index is 1.95. The minimum absolute atomic E-state index is 0.0719. The molecule has 0 aromatic heterocycles. The van der Waals surface area contributed by atoms with Crippen molar-refractivity contribution in [2.24, 2.45) is 0 Å². The van der Waals surface area contributed by atoms with Crippen LogP contribution in [0.5, 0.6) is 0 Å². The molecule has 2 aliphatic heterocycles. The summed E-state index contributed by atoms with van der Waals surface area (Å²) in [6.07, 6.45) is 0.844. The first-order chi connectivity index (χ1) is 6.84. The van der Waals surface area contributed by atoms with E-state index >= 15 is 0 Å². The van der Waals surface area contributed by atoms with E-state index in [-0.39, 0.29) is 18.2 Å². The smallest absolute Gasteiger partial charge is 0.338 e. The highest BCUT2D eigenvalue weighted by molar-refractivity contribution is 5.92. The van der Waals surface area contributed by atoms with E-state index in [2.05, 4.69) is 0 Å². The van der Waals surface area contributed by atoms with Crippen LogP contribution in [0, 0.1) is 0 Å². The Kier molecular flexibility index (Phi) is 1.61. The fourth-order valence-electron chi connectivity index (χ4n) is 1.83. The summed E-state index contributed by atoms with van der Waals surface area (Å²) in [4.78, 5) is 11.6. The average molecular weight is 190 g/mol. The van der Waals surface area contributed by atoms with E-state index in [1.807, 2.05) is 24.3 Å². The van der Waals surface area contributed by atoms with Gasteiger partial charge in [0, 0.05) is 6.42 Å². The highest BCUT2D eigenvalue weighted by Gasteiger charge is 2.39. The van der Waals surface area contributed by atoms with Gasteiger partial charge in [0.15, 0.2) is 0 Å². The molecule has 1 fully saturated rings. The van der Waals surface area contributed by atoms with Crippen molar-refractivity contribution in [1.29, 1.82) is 0 Å². The molecule has 0 amide bonds. The normalized spacial score (nSPS) is 29.3. The third-order valence-corrected chi connectivity index (χ3v) is 2.69. The molecule has 1 aromatic carbocycles. The van der Waals surface area contributed by atoms with Gasteiger partial charge in [-0.1, -0.05) is 18.2 Å². The number of carbonyl (C=O) groups excluding carboxylic acids is 1. The Bertz CT molecular complexity index is 382. The van der Waals surface area contributed by atoms with Gasteiger partial charge in [-0.25, -0.2) is 4.79 Å². The zero-order valence-electron chi connectivity index (χ0n) is 7.60. The monoisotopic (exact) mass is 190 g/mol.